The van der Waals surface area contributed by atoms with Crippen molar-refractivity contribution >= 4 is 49.8 Å². The lowest BCUT2D eigenvalue weighted by molar-refractivity contribution is -0.132. The number of aliphatic carboxylic acids is 1. The van der Waals surface area contributed by atoms with E-state index in [4.69, 9.17) is 4.74 Å². The van der Waals surface area contributed by atoms with Crippen molar-refractivity contribution in [1.82, 2.24) is 5.32 Å². The first-order valence-electron chi connectivity index (χ1n) is 9.41. The minimum atomic E-state index is -1.24. The standard InChI is InChI=1S/C24H19Br2NO4/c25-19-13-17(14-20(26)22(19)31-12-11-16-7-3-1-4-8-16)15-21(24(29)30)27-23(28)18-9-5-2-6-10-18/h1-10,13-15H,11-12H2,(H,27,28)(H,29,30). The first-order valence-corrected chi connectivity index (χ1v) is 11.0. The molecule has 0 aliphatic rings. The molecule has 0 fully saturated rings. The molecule has 0 atom stereocenters. The Morgan fingerprint density at radius 3 is 2.10 bits per heavy atom. The van der Waals surface area contributed by atoms with Crippen LogP contribution in [0.15, 0.2) is 87.4 Å². The fraction of sp³-hybridized carbons (Fsp3) is 0.0833. The van der Waals surface area contributed by atoms with Crippen molar-refractivity contribution < 1.29 is 19.4 Å². The van der Waals surface area contributed by atoms with Crippen LogP contribution in [0.5, 0.6) is 5.75 Å². The second-order valence-electron chi connectivity index (χ2n) is 6.58. The number of hydrogen-bond acceptors (Lipinski definition) is 3. The molecule has 2 N–H and O–H groups in total. The molecule has 0 bridgehead atoms. The van der Waals surface area contributed by atoms with Gasteiger partial charge in [-0.15, -0.1) is 0 Å². The average Bonchev–Trinajstić information content (AvgIpc) is 2.76. The fourth-order valence-electron chi connectivity index (χ4n) is 2.82. The lowest BCUT2D eigenvalue weighted by Gasteiger charge is -2.12. The van der Waals surface area contributed by atoms with Gasteiger partial charge in [-0.25, -0.2) is 4.79 Å². The monoisotopic (exact) mass is 543 g/mol. The number of carboxylic acid groups (broad SMARTS) is 1. The summed E-state index contributed by atoms with van der Waals surface area (Å²) in [5.74, 6) is -1.11. The summed E-state index contributed by atoms with van der Waals surface area (Å²) in [6, 6.07) is 21.9. The fourth-order valence-corrected chi connectivity index (χ4v) is 4.27. The Labute approximate surface area is 197 Å². The normalized spacial score (nSPS) is 11.1. The average molecular weight is 545 g/mol. The van der Waals surface area contributed by atoms with Crippen LogP contribution in [-0.4, -0.2) is 23.6 Å². The molecule has 5 nitrogen and oxygen atoms in total. The van der Waals surface area contributed by atoms with Gasteiger partial charge in [-0.3, -0.25) is 4.79 Å². The van der Waals surface area contributed by atoms with E-state index in [1.54, 1.807) is 42.5 Å². The third-order valence-electron chi connectivity index (χ3n) is 4.33. The molecular formula is C24H19Br2NO4. The highest BCUT2D eigenvalue weighted by molar-refractivity contribution is 9.11. The van der Waals surface area contributed by atoms with Crippen LogP contribution in [0.4, 0.5) is 0 Å². The summed E-state index contributed by atoms with van der Waals surface area (Å²) in [7, 11) is 0. The van der Waals surface area contributed by atoms with Crippen LogP contribution in [0.25, 0.3) is 6.08 Å². The quantitative estimate of drug-likeness (QED) is 0.357. The van der Waals surface area contributed by atoms with Crippen molar-refractivity contribution in [3.05, 3.63) is 104 Å². The summed E-state index contributed by atoms with van der Waals surface area (Å²) in [5.41, 5.74) is 1.90. The van der Waals surface area contributed by atoms with Crippen molar-refractivity contribution in [1.29, 1.82) is 0 Å². The number of benzene rings is 3. The van der Waals surface area contributed by atoms with E-state index in [0.717, 1.165) is 6.42 Å². The number of amides is 1. The van der Waals surface area contributed by atoms with Gasteiger partial charge in [-0.05, 0) is 73.3 Å². The van der Waals surface area contributed by atoms with Crippen LogP contribution in [0.3, 0.4) is 0 Å². The molecular weight excluding hydrogens is 526 g/mol. The Kier molecular flexibility index (Phi) is 8.03. The highest BCUT2D eigenvalue weighted by Gasteiger charge is 2.15. The molecule has 1 amide bonds. The highest BCUT2D eigenvalue weighted by atomic mass is 79.9. The molecule has 0 unspecified atom stereocenters. The maximum atomic E-state index is 12.3. The zero-order valence-corrected chi connectivity index (χ0v) is 19.5. The lowest BCUT2D eigenvalue weighted by Crippen LogP contribution is -2.27. The van der Waals surface area contributed by atoms with Gasteiger partial charge in [-0.1, -0.05) is 48.5 Å². The molecule has 0 saturated heterocycles. The molecule has 0 heterocycles. The summed E-state index contributed by atoms with van der Waals surface area (Å²) >= 11 is 6.96. The zero-order chi connectivity index (χ0) is 22.2. The van der Waals surface area contributed by atoms with Gasteiger partial charge >= 0.3 is 5.97 Å². The molecule has 0 spiro atoms. The Hall–Kier alpha value is -2.90. The maximum absolute atomic E-state index is 12.3. The number of carbonyl (C=O) groups excluding carboxylic acids is 1. The Morgan fingerprint density at radius 2 is 1.52 bits per heavy atom. The molecule has 0 aliphatic carbocycles. The van der Waals surface area contributed by atoms with Gasteiger partial charge in [0.2, 0.25) is 0 Å². The van der Waals surface area contributed by atoms with Gasteiger partial charge in [0.25, 0.3) is 5.91 Å². The lowest BCUT2D eigenvalue weighted by atomic mass is 10.1. The van der Waals surface area contributed by atoms with Crippen LogP contribution in [0.2, 0.25) is 0 Å². The second-order valence-corrected chi connectivity index (χ2v) is 8.29. The molecule has 3 aromatic rings. The Morgan fingerprint density at radius 1 is 0.935 bits per heavy atom. The molecule has 0 aromatic heterocycles. The minimum absolute atomic E-state index is 0.231. The predicted octanol–water partition coefficient (Wildman–Crippen LogP) is 5.69. The number of ether oxygens (including phenoxy) is 1. The summed E-state index contributed by atoms with van der Waals surface area (Å²) < 4.78 is 7.23. The van der Waals surface area contributed by atoms with E-state index in [1.165, 1.54) is 11.6 Å². The van der Waals surface area contributed by atoms with E-state index < -0.39 is 11.9 Å². The van der Waals surface area contributed by atoms with Crippen molar-refractivity contribution in [3.8, 4) is 5.75 Å². The molecule has 7 heteroatoms. The van der Waals surface area contributed by atoms with Gasteiger partial charge in [0.15, 0.2) is 0 Å². The molecule has 3 rings (SSSR count). The van der Waals surface area contributed by atoms with Crippen molar-refractivity contribution in [2.45, 2.75) is 6.42 Å². The summed E-state index contributed by atoms with van der Waals surface area (Å²) in [4.78, 5) is 24.0. The van der Waals surface area contributed by atoms with Gasteiger partial charge < -0.3 is 15.2 Å². The summed E-state index contributed by atoms with van der Waals surface area (Å²) in [6.45, 7) is 0.490. The van der Waals surface area contributed by atoms with E-state index in [9.17, 15) is 14.7 Å². The van der Waals surface area contributed by atoms with Crippen LogP contribution < -0.4 is 10.1 Å². The molecule has 31 heavy (non-hydrogen) atoms. The third kappa shape index (κ3) is 6.54. The van der Waals surface area contributed by atoms with Crippen molar-refractivity contribution in [2.24, 2.45) is 0 Å². The molecule has 0 radical (unpaired) electrons. The zero-order valence-electron chi connectivity index (χ0n) is 16.3. The van der Waals surface area contributed by atoms with E-state index in [2.05, 4.69) is 37.2 Å². The van der Waals surface area contributed by atoms with Crippen molar-refractivity contribution in [2.75, 3.05) is 6.61 Å². The van der Waals surface area contributed by atoms with Crippen LogP contribution in [0.1, 0.15) is 21.5 Å². The smallest absolute Gasteiger partial charge is 0.352 e. The highest BCUT2D eigenvalue weighted by Crippen LogP contribution is 2.35. The number of carboxylic acids is 1. The van der Waals surface area contributed by atoms with E-state index in [0.29, 0.717) is 32.4 Å². The molecule has 0 aliphatic heterocycles. The first kappa shape index (κ1) is 22.8. The first-order chi connectivity index (χ1) is 14.9. The number of rotatable bonds is 8. The predicted molar refractivity (Wildman–Crippen MR) is 127 cm³/mol. The summed E-state index contributed by atoms with van der Waals surface area (Å²) in [5, 5.41) is 12.0. The van der Waals surface area contributed by atoms with E-state index in [-0.39, 0.29) is 5.70 Å². The Bertz CT molecular complexity index is 1080. The van der Waals surface area contributed by atoms with Gasteiger partial charge in [-0.2, -0.15) is 0 Å². The maximum Gasteiger partial charge on any atom is 0.352 e. The molecule has 0 saturated carbocycles. The van der Waals surface area contributed by atoms with Crippen molar-refractivity contribution in [3.63, 3.8) is 0 Å². The van der Waals surface area contributed by atoms with Gasteiger partial charge in [0.05, 0.1) is 15.6 Å². The minimum Gasteiger partial charge on any atom is -0.491 e. The number of halogens is 2. The van der Waals surface area contributed by atoms with E-state index >= 15 is 0 Å². The summed E-state index contributed by atoms with van der Waals surface area (Å²) in [6.07, 6.45) is 2.16. The van der Waals surface area contributed by atoms with Crippen LogP contribution in [-0.2, 0) is 11.2 Å². The van der Waals surface area contributed by atoms with Crippen LogP contribution in [0, 0.1) is 0 Å². The topological polar surface area (TPSA) is 75.6 Å². The van der Waals surface area contributed by atoms with Gasteiger partial charge in [0, 0.05) is 12.0 Å². The molecule has 158 valence electrons. The SMILES string of the molecule is O=C(O)C(=Cc1cc(Br)c(OCCc2ccccc2)c(Br)c1)NC(=O)c1ccccc1. The Balaban J connectivity index is 1.74. The van der Waals surface area contributed by atoms with Crippen LogP contribution >= 0.6 is 31.9 Å². The van der Waals surface area contributed by atoms with E-state index in [1.807, 2.05) is 30.3 Å². The molecule has 3 aromatic carbocycles. The number of hydrogen-bond donors (Lipinski definition) is 2. The second kappa shape index (κ2) is 10.9. The number of nitrogens with one attached hydrogen (secondary N) is 1. The largest absolute Gasteiger partial charge is 0.491 e. The number of carbonyl (C=O) groups is 2. The van der Waals surface area contributed by atoms with Gasteiger partial charge in [0.1, 0.15) is 11.4 Å². The third-order valence-corrected chi connectivity index (χ3v) is 5.50.